The topological polar surface area (TPSA) is 120 Å². The highest BCUT2D eigenvalue weighted by Gasteiger charge is 2.31. The zero-order valence-corrected chi connectivity index (χ0v) is 7.65. The molecule has 0 aromatic heterocycles. The minimum absolute atomic E-state index is 0.125. The second-order valence-corrected chi connectivity index (χ2v) is 2.69. The highest BCUT2D eigenvalue weighted by Crippen LogP contribution is 2.32. The number of aldehydes is 2. The van der Waals surface area contributed by atoms with E-state index < -0.39 is 32.3 Å². The number of nitro benzene ring substituents is 2. The van der Waals surface area contributed by atoms with Gasteiger partial charge in [0.2, 0.25) is 0 Å². The second kappa shape index (κ2) is 4.26. The van der Waals surface area contributed by atoms with Gasteiger partial charge in [0.05, 0.1) is 21.0 Å². The first kappa shape index (κ1) is 11.4. The van der Waals surface area contributed by atoms with Gasteiger partial charge in [-0.05, 0) is 12.1 Å². The molecule has 8 nitrogen and oxygen atoms in total. The second-order valence-electron chi connectivity index (χ2n) is 2.69. The quantitative estimate of drug-likeness (QED) is 0.429. The average molecular weight is 224 g/mol. The summed E-state index contributed by atoms with van der Waals surface area (Å²) >= 11 is 0. The molecule has 16 heavy (non-hydrogen) atoms. The van der Waals surface area contributed by atoms with Crippen LogP contribution in [0.1, 0.15) is 20.7 Å². The third kappa shape index (κ3) is 1.75. The lowest BCUT2D eigenvalue weighted by molar-refractivity contribution is -0.422. The largest absolute Gasteiger partial charge is 0.357 e. The number of rotatable bonds is 4. The summed E-state index contributed by atoms with van der Waals surface area (Å²) in [6.07, 6.45) is 0.249. The number of nitrogens with zero attached hydrogens (tertiary/aromatic N) is 2. The van der Waals surface area contributed by atoms with Crippen LogP contribution in [0.3, 0.4) is 0 Å². The van der Waals surface area contributed by atoms with E-state index in [0.29, 0.717) is 0 Å². The highest BCUT2D eigenvalue weighted by atomic mass is 16.6. The maximum Gasteiger partial charge on any atom is 0.357 e. The molecule has 0 saturated heterocycles. The first-order chi connectivity index (χ1) is 7.52. The van der Waals surface area contributed by atoms with Gasteiger partial charge in [0, 0.05) is 0 Å². The first-order valence-electron chi connectivity index (χ1n) is 3.89. The molecule has 0 aliphatic rings. The van der Waals surface area contributed by atoms with Gasteiger partial charge in [0.1, 0.15) is 0 Å². The standard InChI is InChI=1S/C8H4N2O6/c11-3-5-1-2-6(4-12)8(10(15)16)7(5)9(13)14/h1-4H. The zero-order valence-electron chi connectivity index (χ0n) is 7.65. The molecule has 0 atom stereocenters. The molecule has 0 radical (unpaired) electrons. The Balaban J connectivity index is 3.73. The minimum Gasteiger partial charge on any atom is -0.298 e. The summed E-state index contributed by atoms with van der Waals surface area (Å²) in [5.74, 6) is 0. The number of nitro groups is 2. The Labute approximate surface area is 87.8 Å². The molecule has 0 spiro atoms. The zero-order chi connectivity index (χ0) is 12.3. The maximum absolute atomic E-state index is 10.6. The van der Waals surface area contributed by atoms with Crippen LogP contribution in [-0.4, -0.2) is 22.4 Å². The molecule has 8 heteroatoms. The fourth-order valence-electron chi connectivity index (χ4n) is 1.18. The van der Waals surface area contributed by atoms with Gasteiger partial charge in [-0.15, -0.1) is 0 Å². The smallest absolute Gasteiger partial charge is 0.298 e. The Morgan fingerprint density at radius 3 is 1.38 bits per heavy atom. The number of carbonyl (C=O) groups is 2. The molecule has 0 amide bonds. The Hall–Kier alpha value is -2.64. The van der Waals surface area contributed by atoms with Crippen LogP contribution in [0.5, 0.6) is 0 Å². The van der Waals surface area contributed by atoms with Gasteiger partial charge in [-0.1, -0.05) is 0 Å². The summed E-state index contributed by atoms with van der Waals surface area (Å²) in [6.45, 7) is 0. The number of hydrogen-bond donors (Lipinski definition) is 0. The van der Waals surface area contributed by atoms with E-state index in [9.17, 15) is 29.8 Å². The van der Waals surface area contributed by atoms with Gasteiger partial charge in [-0.3, -0.25) is 29.8 Å². The molecule has 1 rings (SSSR count). The number of benzene rings is 1. The monoisotopic (exact) mass is 224 g/mol. The lowest BCUT2D eigenvalue weighted by atomic mass is 10.1. The van der Waals surface area contributed by atoms with Crippen molar-refractivity contribution in [1.29, 1.82) is 0 Å². The Bertz CT molecular complexity index is 451. The minimum atomic E-state index is -1.06. The molecular weight excluding hydrogens is 220 g/mol. The summed E-state index contributed by atoms with van der Waals surface area (Å²) in [5, 5.41) is 21.2. The molecule has 0 N–H and O–H groups in total. The summed E-state index contributed by atoms with van der Waals surface area (Å²) < 4.78 is 0. The van der Waals surface area contributed by atoms with Crippen LogP contribution in [0.4, 0.5) is 11.4 Å². The molecule has 0 aliphatic carbocycles. The van der Waals surface area contributed by atoms with Gasteiger partial charge in [-0.25, -0.2) is 0 Å². The number of hydrogen-bond acceptors (Lipinski definition) is 6. The fourth-order valence-corrected chi connectivity index (χ4v) is 1.18. The Morgan fingerprint density at radius 1 is 0.875 bits per heavy atom. The Morgan fingerprint density at radius 2 is 1.19 bits per heavy atom. The van der Waals surface area contributed by atoms with Crippen molar-refractivity contribution >= 4 is 23.9 Å². The maximum atomic E-state index is 10.6. The fraction of sp³-hybridized carbons (Fsp3) is 0. The van der Waals surface area contributed by atoms with Gasteiger partial charge < -0.3 is 0 Å². The van der Waals surface area contributed by atoms with Crippen LogP contribution >= 0.6 is 0 Å². The van der Waals surface area contributed by atoms with Gasteiger partial charge in [-0.2, -0.15) is 0 Å². The molecule has 0 heterocycles. The SMILES string of the molecule is O=Cc1ccc(C=O)c([N+](=O)[O-])c1[N+](=O)[O-]. The van der Waals surface area contributed by atoms with E-state index in [0.717, 1.165) is 12.1 Å². The van der Waals surface area contributed by atoms with Crippen LogP contribution in [0, 0.1) is 20.2 Å². The van der Waals surface area contributed by atoms with E-state index in [2.05, 4.69) is 0 Å². The van der Waals surface area contributed by atoms with Crippen molar-refractivity contribution in [3.8, 4) is 0 Å². The van der Waals surface area contributed by atoms with Crippen LogP contribution < -0.4 is 0 Å². The summed E-state index contributed by atoms with van der Waals surface area (Å²) in [6, 6.07) is 1.98. The Kier molecular flexibility index (Phi) is 3.04. The molecule has 0 aliphatic heterocycles. The normalized spacial score (nSPS) is 9.50. The van der Waals surface area contributed by atoms with E-state index in [4.69, 9.17) is 0 Å². The molecule has 1 aromatic rings. The lowest BCUT2D eigenvalue weighted by Crippen LogP contribution is -2.03. The summed E-state index contributed by atoms with van der Waals surface area (Å²) in [5.41, 5.74) is -2.82. The predicted octanol–water partition coefficient (Wildman–Crippen LogP) is 1.13. The summed E-state index contributed by atoms with van der Waals surface area (Å²) in [4.78, 5) is 40.1. The molecule has 1 aromatic carbocycles. The molecular formula is C8H4N2O6. The van der Waals surface area contributed by atoms with Crippen LogP contribution in [0.2, 0.25) is 0 Å². The van der Waals surface area contributed by atoms with Crippen molar-refractivity contribution in [1.82, 2.24) is 0 Å². The van der Waals surface area contributed by atoms with Crippen LogP contribution in [0.15, 0.2) is 12.1 Å². The lowest BCUT2D eigenvalue weighted by Gasteiger charge is -1.99. The van der Waals surface area contributed by atoms with Crippen molar-refractivity contribution in [2.45, 2.75) is 0 Å². The van der Waals surface area contributed by atoms with Crippen LogP contribution in [-0.2, 0) is 0 Å². The van der Waals surface area contributed by atoms with E-state index >= 15 is 0 Å². The first-order valence-corrected chi connectivity index (χ1v) is 3.89. The highest BCUT2D eigenvalue weighted by molar-refractivity contribution is 5.92. The average Bonchev–Trinajstić information content (AvgIpc) is 2.26. The van der Waals surface area contributed by atoms with Gasteiger partial charge in [0.25, 0.3) is 0 Å². The van der Waals surface area contributed by atoms with Crippen molar-refractivity contribution < 1.29 is 19.4 Å². The van der Waals surface area contributed by atoms with Crippen molar-refractivity contribution in [2.24, 2.45) is 0 Å². The van der Waals surface area contributed by atoms with Crippen molar-refractivity contribution in [2.75, 3.05) is 0 Å². The van der Waals surface area contributed by atoms with Gasteiger partial charge in [0.15, 0.2) is 12.6 Å². The van der Waals surface area contributed by atoms with E-state index in [1.54, 1.807) is 0 Å². The van der Waals surface area contributed by atoms with E-state index in [1.807, 2.05) is 0 Å². The molecule has 0 fully saturated rings. The number of carbonyl (C=O) groups excluding carboxylic acids is 2. The third-order valence-corrected chi connectivity index (χ3v) is 1.83. The van der Waals surface area contributed by atoms with Gasteiger partial charge >= 0.3 is 11.4 Å². The predicted molar refractivity (Wildman–Crippen MR) is 50.5 cm³/mol. The van der Waals surface area contributed by atoms with E-state index in [1.165, 1.54) is 0 Å². The molecule has 0 bridgehead atoms. The van der Waals surface area contributed by atoms with Crippen molar-refractivity contribution in [3.63, 3.8) is 0 Å². The molecule has 0 unspecified atom stereocenters. The van der Waals surface area contributed by atoms with Crippen molar-refractivity contribution in [3.05, 3.63) is 43.5 Å². The molecule has 82 valence electrons. The molecule has 0 saturated carbocycles. The summed E-state index contributed by atoms with van der Waals surface area (Å²) in [7, 11) is 0. The third-order valence-electron chi connectivity index (χ3n) is 1.83. The van der Waals surface area contributed by atoms with E-state index in [-0.39, 0.29) is 12.6 Å². The van der Waals surface area contributed by atoms with Crippen LogP contribution in [0.25, 0.3) is 0 Å².